The zero-order valence-corrected chi connectivity index (χ0v) is 16.6. The van der Waals surface area contributed by atoms with Crippen molar-refractivity contribution in [3.8, 4) is 11.5 Å². The Balaban J connectivity index is 1.26. The highest BCUT2D eigenvalue weighted by molar-refractivity contribution is 5.92. The summed E-state index contributed by atoms with van der Waals surface area (Å²) in [5, 5.41) is 6.70. The first-order valence-electron chi connectivity index (χ1n) is 10.0. The van der Waals surface area contributed by atoms with Gasteiger partial charge in [-0.1, -0.05) is 36.3 Å². The Labute approximate surface area is 170 Å². The van der Waals surface area contributed by atoms with E-state index in [0.717, 1.165) is 44.8 Å². The van der Waals surface area contributed by atoms with E-state index in [-0.39, 0.29) is 11.6 Å². The van der Waals surface area contributed by atoms with Crippen LogP contribution in [0.3, 0.4) is 0 Å². The van der Waals surface area contributed by atoms with Crippen LogP contribution in [0, 0.1) is 0 Å². The Hall–Kier alpha value is -2.90. The Bertz CT molecular complexity index is 910. The minimum Gasteiger partial charge on any atom is -0.461 e. The molecule has 152 valence electrons. The maximum atomic E-state index is 12.3. The summed E-state index contributed by atoms with van der Waals surface area (Å²) in [5.74, 6) is 0.706. The molecular weight excluding hydrogens is 368 g/mol. The van der Waals surface area contributed by atoms with Gasteiger partial charge in [0.05, 0.1) is 6.26 Å². The van der Waals surface area contributed by atoms with Gasteiger partial charge in [0.15, 0.2) is 11.5 Å². The van der Waals surface area contributed by atoms with Gasteiger partial charge in [0.25, 0.3) is 5.91 Å². The molecule has 3 aromatic rings. The van der Waals surface area contributed by atoms with E-state index >= 15 is 0 Å². The van der Waals surface area contributed by atoms with Gasteiger partial charge in [-0.05, 0) is 29.8 Å². The number of hydrogen-bond acceptors (Lipinski definition) is 6. The van der Waals surface area contributed by atoms with Crippen LogP contribution in [0.5, 0.6) is 0 Å². The summed E-state index contributed by atoms with van der Waals surface area (Å²) in [5.41, 5.74) is 2.58. The van der Waals surface area contributed by atoms with Crippen LogP contribution in [-0.2, 0) is 13.1 Å². The predicted octanol–water partition coefficient (Wildman–Crippen LogP) is 3.00. The van der Waals surface area contributed by atoms with E-state index < -0.39 is 0 Å². The first kappa shape index (κ1) is 19.4. The summed E-state index contributed by atoms with van der Waals surface area (Å²) < 4.78 is 10.4. The quantitative estimate of drug-likeness (QED) is 0.664. The van der Waals surface area contributed by atoms with E-state index in [0.29, 0.717) is 18.1 Å². The van der Waals surface area contributed by atoms with Crippen LogP contribution in [0.25, 0.3) is 11.5 Å². The van der Waals surface area contributed by atoms with Crippen molar-refractivity contribution in [2.24, 2.45) is 0 Å². The summed E-state index contributed by atoms with van der Waals surface area (Å²) in [7, 11) is 0. The number of piperazine rings is 1. The van der Waals surface area contributed by atoms with Crippen molar-refractivity contribution in [1.82, 2.24) is 20.3 Å². The second-order valence-electron chi connectivity index (χ2n) is 7.26. The fraction of sp³-hybridized carbons (Fsp3) is 0.364. The first-order chi connectivity index (χ1) is 14.2. The number of nitrogens with zero attached hydrogens (tertiary/aromatic N) is 3. The molecule has 0 bridgehead atoms. The van der Waals surface area contributed by atoms with Crippen molar-refractivity contribution in [2.75, 3.05) is 32.7 Å². The summed E-state index contributed by atoms with van der Waals surface area (Å²) >= 11 is 0. The molecule has 1 saturated heterocycles. The molecule has 0 radical (unpaired) electrons. The number of rotatable bonds is 7. The molecule has 29 heavy (non-hydrogen) atoms. The highest BCUT2D eigenvalue weighted by atomic mass is 16.5. The van der Waals surface area contributed by atoms with Gasteiger partial charge in [-0.2, -0.15) is 0 Å². The van der Waals surface area contributed by atoms with Crippen molar-refractivity contribution in [3.05, 3.63) is 65.5 Å². The monoisotopic (exact) mass is 394 g/mol. The maximum absolute atomic E-state index is 12.3. The highest BCUT2D eigenvalue weighted by Crippen LogP contribution is 2.20. The molecule has 0 spiro atoms. The lowest BCUT2D eigenvalue weighted by Crippen LogP contribution is -2.45. The number of carbonyl (C=O) groups is 1. The Morgan fingerprint density at radius 2 is 1.76 bits per heavy atom. The number of amides is 1. The Morgan fingerprint density at radius 3 is 2.45 bits per heavy atom. The molecule has 0 saturated carbocycles. The highest BCUT2D eigenvalue weighted by Gasteiger charge is 2.16. The van der Waals surface area contributed by atoms with Gasteiger partial charge in [0.1, 0.15) is 0 Å². The number of nitrogens with one attached hydrogen (secondary N) is 1. The third-order valence-electron chi connectivity index (χ3n) is 5.30. The molecule has 1 aliphatic rings. The molecule has 2 aromatic heterocycles. The number of benzene rings is 1. The van der Waals surface area contributed by atoms with Gasteiger partial charge in [-0.3, -0.25) is 9.69 Å². The lowest BCUT2D eigenvalue weighted by Gasteiger charge is -2.34. The van der Waals surface area contributed by atoms with Crippen molar-refractivity contribution in [3.63, 3.8) is 0 Å². The molecule has 1 fully saturated rings. The predicted molar refractivity (Wildman–Crippen MR) is 109 cm³/mol. The van der Waals surface area contributed by atoms with Gasteiger partial charge >= 0.3 is 0 Å². The normalized spacial score (nSPS) is 15.5. The average molecular weight is 394 g/mol. The van der Waals surface area contributed by atoms with E-state index in [4.69, 9.17) is 8.94 Å². The van der Waals surface area contributed by atoms with E-state index in [2.05, 4.69) is 51.5 Å². The number of hydrogen-bond donors (Lipinski definition) is 1. The molecule has 7 heteroatoms. The van der Waals surface area contributed by atoms with E-state index in [9.17, 15) is 4.79 Å². The largest absolute Gasteiger partial charge is 0.461 e. The zero-order chi connectivity index (χ0) is 20.1. The maximum Gasteiger partial charge on any atom is 0.273 e. The minimum absolute atomic E-state index is 0.235. The molecule has 7 nitrogen and oxygen atoms in total. The molecular formula is C22H26N4O3. The third kappa shape index (κ3) is 4.93. The fourth-order valence-corrected chi connectivity index (χ4v) is 3.47. The molecule has 3 heterocycles. The molecule has 4 rings (SSSR count). The molecule has 0 unspecified atom stereocenters. The van der Waals surface area contributed by atoms with Gasteiger partial charge in [-0.25, -0.2) is 0 Å². The van der Waals surface area contributed by atoms with E-state index in [1.54, 1.807) is 24.5 Å². The van der Waals surface area contributed by atoms with Crippen LogP contribution in [0.15, 0.2) is 57.7 Å². The topological polar surface area (TPSA) is 74.8 Å². The second kappa shape index (κ2) is 9.07. The van der Waals surface area contributed by atoms with Crippen molar-refractivity contribution in [1.29, 1.82) is 0 Å². The molecule has 0 aliphatic carbocycles. The Kier molecular flexibility index (Phi) is 6.07. The first-order valence-corrected chi connectivity index (χ1v) is 10.0. The van der Waals surface area contributed by atoms with E-state index in [1.165, 1.54) is 5.56 Å². The van der Waals surface area contributed by atoms with Crippen LogP contribution in [0.2, 0.25) is 0 Å². The second-order valence-corrected chi connectivity index (χ2v) is 7.26. The molecule has 1 aromatic carbocycles. The smallest absolute Gasteiger partial charge is 0.273 e. The minimum atomic E-state index is -0.274. The molecule has 1 aliphatic heterocycles. The Morgan fingerprint density at radius 1 is 1.03 bits per heavy atom. The number of aromatic nitrogens is 1. The number of carbonyl (C=O) groups excluding carboxylic acids is 1. The summed E-state index contributed by atoms with van der Waals surface area (Å²) in [6, 6.07) is 13.5. The molecule has 1 N–H and O–H groups in total. The number of likely N-dealkylation sites (N-methyl/N-ethyl adjacent to an activating group) is 1. The molecule has 1 amide bonds. The standard InChI is InChI=1S/C22H26N4O3/c1-2-25-9-11-26(12-10-25)16-18-7-5-17(6-8-18)15-23-22(27)19-14-21(29-24-19)20-4-3-13-28-20/h3-8,13-14H,2,9-12,15-16H2,1H3,(H,23,27). The van der Waals surface area contributed by atoms with Gasteiger partial charge in [-0.15, -0.1) is 0 Å². The summed E-state index contributed by atoms with van der Waals surface area (Å²) in [4.78, 5) is 17.3. The average Bonchev–Trinajstić information content (AvgIpc) is 3.45. The third-order valence-corrected chi connectivity index (χ3v) is 5.30. The number of furan rings is 1. The molecule has 0 atom stereocenters. The lowest BCUT2D eigenvalue weighted by molar-refractivity contribution is 0.0942. The van der Waals surface area contributed by atoms with E-state index in [1.807, 2.05) is 0 Å². The van der Waals surface area contributed by atoms with Crippen molar-refractivity contribution < 1.29 is 13.7 Å². The van der Waals surface area contributed by atoms with Gasteiger partial charge < -0.3 is 19.2 Å². The van der Waals surface area contributed by atoms with Gasteiger partial charge in [0, 0.05) is 45.3 Å². The fourth-order valence-electron chi connectivity index (χ4n) is 3.47. The van der Waals surface area contributed by atoms with Crippen LogP contribution < -0.4 is 5.32 Å². The SMILES string of the molecule is CCN1CCN(Cc2ccc(CNC(=O)c3cc(-c4ccco4)on3)cc2)CC1. The van der Waals surface area contributed by atoms with Crippen molar-refractivity contribution in [2.45, 2.75) is 20.0 Å². The van der Waals surface area contributed by atoms with Crippen LogP contribution in [0.1, 0.15) is 28.5 Å². The van der Waals surface area contributed by atoms with Crippen molar-refractivity contribution >= 4 is 5.91 Å². The lowest BCUT2D eigenvalue weighted by atomic mass is 10.1. The van der Waals surface area contributed by atoms with Crippen LogP contribution >= 0.6 is 0 Å². The summed E-state index contributed by atoms with van der Waals surface area (Å²) in [6.07, 6.45) is 1.55. The van der Waals surface area contributed by atoms with Gasteiger partial charge in [0.2, 0.25) is 5.76 Å². The zero-order valence-electron chi connectivity index (χ0n) is 16.6. The van der Waals surface area contributed by atoms with Crippen LogP contribution in [0.4, 0.5) is 0 Å². The summed E-state index contributed by atoms with van der Waals surface area (Å²) in [6.45, 7) is 9.28. The van der Waals surface area contributed by atoms with Crippen LogP contribution in [-0.4, -0.2) is 53.6 Å².